The first-order valence-corrected chi connectivity index (χ1v) is 7.40. The molecule has 1 aliphatic rings. The fourth-order valence-corrected chi connectivity index (χ4v) is 3.08. The lowest BCUT2D eigenvalue weighted by molar-refractivity contribution is 0.284. The molecular formula is C16H15BrFNO. The molecule has 1 unspecified atom stereocenters. The van der Waals surface area contributed by atoms with E-state index in [1.165, 1.54) is 17.7 Å². The van der Waals surface area contributed by atoms with Crippen molar-refractivity contribution in [3.8, 4) is 5.75 Å². The predicted molar refractivity (Wildman–Crippen MR) is 80.4 cm³/mol. The molecule has 0 spiro atoms. The smallest absolute Gasteiger partial charge is 0.127 e. The summed E-state index contributed by atoms with van der Waals surface area (Å²) in [6.45, 7) is 0.712. The van der Waals surface area contributed by atoms with Crippen molar-refractivity contribution in [3.63, 3.8) is 0 Å². The van der Waals surface area contributed by atoms with Crippen molar-refractivity contribution in [2.45, 2.75) is 18.9 Å². The molecule has 2 nitrogen and oxygen atoms in total. The highest BCUT2D eigenvalue weighted by Gasteiger charge is 2.20. The van der Waals surface area contributed by atoms with E-state index in [1.54, 1.807) is 0 Å². The zero-order chi connectivity index (χ0) is 14.1. The largest absolute Gasteiger partial charge is 0.493 e. The summed E-state index contributed by atoms with van der Waals surface area (Å²) in [4.78, 5) is 0. The van der Waals surface area contributed by atoms with Gasteiger partial charge >= 0.3 is 0 Å². The Bertz CT molecular complexity index is 624. The topological polar surface area (TPSA) is 35.2 Å². The molecule has 1 heterocycles. The zero-order valence-corrected chi connectivity index (χ0v) is 12.5. The van der Waals surface area contributed by atoms with Gasteiger partial charge in [-0.25, -0.2) is 4.39 Å². The molecule has 3 rings (SSSR count). The molecule has 0 radical (unpaired) electrons. The summed E-state index contributed by atoms with van der Waals surface area (Å²) in [6.07, 6.45) is 2.03. The van der Waals surface area contributed by atoms with Crippen molar-refractivity contribution in [1.29, 1.82) is 0 Å². The third-order valence-electron chi connectivity index (χ3n) is 3.54. The summed E-state index contributed by atoms with van der Waals surface area (Å²) in [5, 5.41) is 0. The van der Waals surface area contributed by atoms with Gasteiger partial charge in [-0.1, -0.05) is 34.1 Å². The molecule has 104 valence electrons. The Balaban J connectivity index is 2.04. The minimum absolute atomic E-state index is 0.296. The van der Waals surface area contributed by atoms with Gasteiger partial charge in [-0.3, -0.25) is 0 Å². The number of rotatable bonds is 2. The van der Waals surface area contributed by atoms with Gasteiger partial charge in [-0.05, 0) is 42.2 Å². The highest BCUT2D eigenvalue weighted by molar-refractivity contribution is 9.10. The van der Waals surface area contributed by atoms with Crippen LogP contribution in [0.1, 0.15) is 29.2 Å². The number of hydrogen-bond acceptors (Lipinski definition) is 2. The number of aryl methyl sites for hydroxylation is 1. The van der Waals surface area contributed by atoms with Gasteiger partial charge in [0, 0.05) is 10.0 Å². The van der Waals surface area contributed by atoms with Crippen LogP contribution < -0.4 is 10.5 Å². The molecule has 0 saturated carbocycles. The lowest BCUT2D eigenvalue weighted by Gasteiger charge is -2.23. The first kappa shape index (κ1) is 13.6. The quantitative estimate of drug-likeness (QED) is 0.901. The molecular weight excluding hydrogens is 321 g/mol. The van der Waals surface area contributed by atoms with Crippen molar-refractivity contribution < 1.29 is 9.13 Å². The molecule has 2 aromatic carbocycles. The van der Waals surface area contributed by atoms with Crippen LogP contribution in [0.2, 0.25) is 0 Å². The van der Waals surface area contributed by atoms with E-state index in [-0.39, 0.29) is 5.82 Å². The fraction of sp³-hybridized carbons (Fsp3) is 0.250. The van der Waals surface area contributed by atoms with Gasteiger partial charge in [0.05, 0.1) is 12.6 Å². The Morgan fingerprint density at radius 3 is 2.90 bits per heavy atom. The second kappa shape index (κ2) is 5.54. The Hall–Kier alpha value is -1.39. The van der Waals surface area contributed by atoms with Crippen molar-refractivity contribution in [1.82, 2.24) is 0 Å². The number of fused-ring (bicyclic) bond motifs is 1. The molecule has 0 aromatic heterocycles. The maximum atomic E-state index is 13.5. The molecule has 0 saturated heterocycles. The van der Waals surface area contributed by atoms with Crippen molar-refractivity contribution >= 4 is 15.9 Å². The van der Waals surface area contributed by atoms with Crippen LogP contribution >= 0.6 is 15.9 Å². The molecule has 4 heteroatoms. The van der Waals surface area contributed by atoms with E-state index < -0.39 is 6.04 Å². The SMILES string of the molecule is NC(c1cc(F)cc(Br)c1)c1cccc2c1OCCC2. The summed E-state index contributed by atoms with van der Waals surface area (Å²) in [6, 6.07) is 10.3. The van der Waals surface area contributed by atoms with Crippen LogP contribution in [-0.4, -0.2) is 6.61 Å². The van der Waals surface area contributed by atoms with Gasteiger partial charge in [0.1, 0.15) is 11.6 Å². The summed E-state index contributed by atoms with van der Waals surface area (Å²) >= 11 is 3.30. The highest BCUT2D eigenvalue weighted by Crippen LogP contribution is 2.35. The van der Waals surface area contributed by atoms with Gasteiger partial charge in [0.25, 0.3) is 0 Å². The highest BCUT2D eigenvalue weighted by atomic mass is 79.9. The van der Waals surface area contributed by atoms with Crippen molar-refractivity contribution in [2.24, 2.45) is 5.73 Å². The molecule has 2 aromatic rings. The Morgan fingerprint density at radius 1 is 1.25 bits per heavy atom. The van der Waals surface area contributed by atoms with E-state index in [9.17, 15) is 4.39 Å². The molecule has 1 aliphatic heterocycles. The van der Waals surface area contributed by atoms with E-state index in [0.29, 0.717) is 11.1 Å². The monoisotopic (exact) mass is 335 g/mol. The maximum Gasteiger partial charge on any atom is 0.127 e. The molecule has 20 heavy (non-hydrogen) atoms. The Kier molecular flexibility index (Phi) is 3.76. The molecule has 2 N–H and O–H groups in total. The fourth-order valence-electron chi connectivity index (χ4n) is 2.59. The van der Waals surface area contributed by atoms with E-state index in [4.69, 9.17) is 10.5 Å². The van der Waals surface area contributed by atoms with Crippen LogP contribution in [0.3, 0.4) is 0 Å². The minimum atomic E-state index is -0.393. The normalized spacial score (nSPS) is 15.3. The van der Waals surface area contributed by atoms with E-state index in [0.717, 1.165) is 29.7 Å². The second-order valence-electron chi connectivity index (χ2n) is 4.97. The average molecular weight is 336 g/mol. The zero-order valence-electron chi connectivity index (χ0n) is 10.9. The third-order valence-corrected chi connectivity index (χ3v) is 4.00. The van der Waals surface area contributed by atoms with Crippen LogP contribution in [0.4, 0.5) is 4.39 Å². The van der Waals surface area contributed by atoms with Crippen LogP contribution in [0.25, 0.3) is 0 Å². The summed E-state index contributed by atoms with van der Waals surface area (Å²) < 4.78 is 20.0. The third kappa shape index (κ3) is 2.58. The van der Waals surface area contributed by atoms with Crippen LogP contribution in [0.15, 0.2) is 40.9 Å². The van der Waals surface area contributed by atoms with Crippen LogP contribution in [0.5, 0.6) is 5.75 Å². The van der Waals surface area contributed by atoms with Gasteiger partial charge in [-0.15, -0.1) is 0 Å². The summed E-state index contributed by atoms with van der Waals surface area (Å²) in [7, 11) is 0. The summed E-state index contributed by atoms with van der Waals surface area (Å²) in [5.74, 6) is 0.571. The van der Waals surface area contributed by atoms with Crippen LogP contribution in [0, 0.1) is 5.82 Å². The Morgan fingerprint density at radius 2 is 2.10 bits per heavy atom. The molecule has 0 fully saturated rings. The number of nitrogens with two attached hydrogens (primary N) is 1. The number of halogens is 2. The van der Waals surface area contributed by atoms with E-state index >= 15 is 0 Å². The summed E-state index contributed by atoms with van der Waals surface area (Å²) in [5.41, 5.74) is 9.14. The number of hydrogen-bond donors (Lipinski definition) is 1. The van der Waals surface area contributed by atoms with Crippen molar-refractivity contribution in [2.75, 3.05) is 6.61 Å². The number of benzene rings is 2. The second-order valence-corrected chi connectivity index (χ2v) is 5.88. The molecule has 0 aliphatic carbocycles. The van der Waals surface area contributed by atoms with E-state index in [1.807, 2.05) is 18.2 Å². The van der Waals surface area contributed by atoms with Gasteiger partial charge in [0.15, 0.2) is 0 Å². The van der Waals surface area contributed by atoms with Gasteiger partial charge in [0.2, 0.25) is 0 Å². The first-order valence-electron chi connectivity index (χ1n) is 6.61. The number of para-hydroxylation sites is 1. The lowest BCUT2D eigenvalue weighted by atomic mass is 9.94. The standard InChI is InChI=1S/C16H15BrFNO/c17-12-7-11(8-13(18)9-12)15(19)14-5-1-3-10-4-2-6-20-16(10)14/h1,3,5,7-9,15H,2,4,6,19H2. The first-order chi connectivity index (χ1) is 9.65. The van der Waals surface area contributed by atoms with Gasteiger partial charge < -0.3 is 10.5 Å². The predicted octanol–water partition coefficient (Wildman–Crippen LogP) is 3.96. The maximum absolute atomic E-state index is 13.5. The van der Waals surface area contributed by atoms with Crippen molar-refractivity contribution in [3.05, 3.63) is 63.4 Å². The number of ether oxygens (including phenoxy) is 1. The van der Waals surface area contributed by atoms with Gasteiger partial charge in [-0.2, -0.15) is 0 Å². The minimum Gasteiger partial charge on any atom is -0.493 e. The average Bonchev–Trinajstić information content (AvgIpc) is 2.45. The van der Waals surface area contributed by atoms with E-state index in [2.05, 4.69) is 22.0 Å². The molecule has 1 atom stereocenters. The van der Waals surface area contributed by atoms with Crippen LogP contribution in [-0.2, 0) is 6.42 Å². The molecule has 0 amide bonds. The lowest BCUT2D eigenvalue weighted by Crippen LogP contribution is -2.17. The Labute approximate surface area is 125 Å². The molecule has 0 bridgehead atoms.